The highest BCUT2D eigenvalue weighted by atomic mass is 16.3. The fourth-order valence-corrected chi connectivity index (χ4v) is 9.97. The molecule has 6 heteroatoms. The van der Waals surface area contributed by atoms with Crippen molar-refractivity contribution in [3.05, 3.63) is 206 Å². The summed E-state index contributed by atoms with van der Waals surface area (Å²) >= 11 is 0. The van der Waals surface area contributed by atoms with Gasteiger partial charge in [0.1, 0.15) is 22.3 Å². The summed E-state index contributed by atoms with van der Waals surface area (Å²) in [6.07, 6.45) is 0. The molecule has 14 rings (SSSR count). The molecule has 10 aromatic carbocycles. The topological polar surface area (TPSA) is 69.9 Å². The fraction of sp³-hybridized carbons (Fsp3) is 0. The van der Waals surface area contributed by atoms with Gasteiger partial charge in [-0.05, 0) is 87.9 Å². The minimum atomic E-state index is 0.539. The van der Waals surface area contributed by atoms with Gasteiger partial charge in [0.15, 0.2) is 17.5 Å². The van der Waals surface area contributed by atoms with Gasteiger partial charge in [-0.2, -0.15) is 0 Å². The van der Waals surface area contributed by atoms with Crippen molar-refractivity contribution >= 4 is 87.2 Å². The van der Waals surface area contributed by atoms with E-state index >= 15 is 0 Å². The standard InChI is InChI=1S/C59H34N4O2/c1-2-12-35(13-3-1)36-22-24-38(25-23-36)57-60-58(41-27-30-52-47(33-41)44-19-9-11-21-51(44)64-52)62-59(61-57)55-49(29-31-53-54(55)45-28-26-37-14-6-7-17-42(37)56(45)65-53)63-48-20-10-8-18-43(48)46-32-39-15-4-5-16-40(39)34-50(46)63/h1-34H. The Bertz CT molecular complexity index is 4240. The molecule has 0 aliphatic heterocycles. The lowest BCUT2D eigenvalue weighted by atomic mass is 10.00. The Kier molecular flexibility index (Phi) is 7.59. The molecule has 0 fully saturated rings. The summed E-state index contributed by atoms with van der Waals surface area (Å²) in [5, 5.41) is 10.8. The third-order valence-corrected chi connectivity index (χ3v) is 13.0. The second-order valence-electron chi connectivity index (χ2n) is 16.7. The Labute approximate surface area is 371 Å². The number of furan rings is 2. The van der Waals surface area contributed by atoms with Crippen molar-refractivity contribution in [1.82, 2.24) is 19.5 Å². The van der Waals surface area contributed by atoms with Crippen molar-refractivity contribution in [2.24, 2.45) is 0 Å². The van der Waals surface area contributed by atoms with E-state index in [4.69, 9.17) is 23.8 Å². The summed E-state index contributed by atoms with van der Waals surface area (Å²) in [6.45, 7) is 0. The molecular weight excluding hydrogens is 797 g/mol. The first-order valence-electron chi connectivity index (χ1n) is 21.8. The first kappa shape index (κ1) is 35.7. The summed E-state index contributed by atoms with van der Waals surface area (Å²) in [5.41, 5.74) is 11.2. The van der Waals surface area contributed by atoms with E-state index in [1.165, 1.54) is 16.2 Å². The molecule has 0 unspecified atom stereocenters. The van der Waals surface area contributed by atoms with E-state index in [2.05, 4.69) is 174 Å². The molecule has 0 amide bonds. The summed E-state index contributed by atoms with van der Waals surface area (Å²) < 4.78 is 15.6. The van der Waals surface area contributed by atoms with Gasteiger partial charge in [0, 0.05) is 48.8 Å². The number of benzene rings is 10. The molecule has 6 nitrogen and oxygen atoms in total. The largest absolute Gasteiger partial charge is 0.456 e. The average molecular weight is 831 g/mol. The smallest absolute Gasteiger partial charge is 0.166 e. The molecule has 4 heterocycles. The highest BCUT2D eigenvalue weighted by Gasteiger charge is 2.25. The van der Waals surface area contributed by atoms with Gasteiger partial charge in [-0.25, -0.2) is 15.0 Å². The van der Waals surface area contributed by atoms with E-state index < -0.39 is 0 Å². The highest BCUT2D eigenvalue weighted by molar-refractivity contribution is 6.21. The van der Waals surface area contributed by atoms with Crippen LogP contribution in [0.2, 0.25) is 0 Å². The van der Waals surface area contributed by atoms with Gasteiger partial charge in [-0.1, -0.05) is 146 Å². The van der Waals surface area contributed by atoms with Gasteiger partial charge < -0.3 is 13.4 Å². The Morgan fingerprint density at radius 3 is 1.78 bits per heavy atom. The molecule has 0 saturated heterocycles. The predicted octanol–water partition coefficient (Wildman–Crippen LogP) is 15.7. The van der Waals surface area contributed by atoms with Crippen molar-refractivity contribution in [3.63, 3.8) is 0 Å². The van der Waals surface area contributed by atoms with Crippen LogP contribution in [0.4, 0.5) is 0 Å². The van der Waals surface area contributed by atoms with Crippen LogP contribution >= 0.6 is 0 Å². The molecule has 0 radical (unpaired) electrons. The number of rotatable bonds is 5. The van der Waals surface area contributed by atoms with Crippen LogP contribution in [0.1, 0.15) is 0 Å². The van der Waals surface area contributed by atoms with E-state index in [-0.39, 0.29) is 0 Å². The van der Waals surface area contributed by atoms with Crippen LogP contribution in [-0.2, 0) is 0 Å². The monoisotopic (exact) mass is 830 g/mol. The van der Waals surface area contributed by atoms with Crippen molar-refractivity contribution in [2.75, 3.05) is 0 Å². The quantitative estimate of drug-likeness (QED) is 0.173. The lowest BCUT2D eigenvalue weighted by molar-refractivity contribution is 0.669. The van der Waals surface area contributed by atoms with Crippen LogP contribution in [0.5, 0.6) is 0 Å². The van der Waals surface area contributed by atoms with Crippen molar-refractivity contribution < 1.29 is 8.83 Å². The van der Waals surface area contributed by atoms with Crippen molar-refractivity contribution in [3.8, 4) is 51.0 Å². The van der Waals surface area contributed by atoms with E-state index in [1.807, 2.05) is 36.4 Å². The summed E-state index contributed by atoms with van der Waals surface area (Å²) in [6, 6.07) is 72.1. The van der Waals surface area contributed by atoms with Gasteiger partial charge in [0.25, 0.3) is 0 Å². The van der Waals surface area contributed by atoms with Crippen LogP contribution in [0.25, 0.3) is 138 Å². The highest BCUT2D eigenvalue weighted by Crippen LogP contribution is 2.45. The molecule has 302 valence electrons. The molecule has 0 saturated carbocycles. The molecule has 65 heavy (non-hydrogen) atoms. The van der Waals surface area contributed by atoms with Gasteiger partial charge in [0.2, 0.25) is 0 Å². The maximum absolute atomic E-state index is 6.91. The third kappa shape index (κ3) is 5.51. The molecular formula is C59H34N4O2. The second kappa shape index (κ2) is 13.8. The lowest BCUT2D eigenvalue weighted by Crippen LogP contribution is -2.04. The minimum absolute atomic E-state index is 0.539. The van der Waals surface area contributed by atoms with Crippen molar-refractivity contribution in [1.29, 1.82) is 0 Å². The van der Waals surface area contributed by atoms with Crippen molar-refractivity contribution in [2.45, 2.75) is 0 Å². The van der Waals surface area contributed by atoms with E-state index in [0.29, 0.717) is 17.5 Å². The lowest BCUT2D eigenvalue weighted by Gasteiger charge is -2.16. The zero-order valence-corrected chi connectivity index (χ0v) is 34.7. The Balaban J connectivity index is 1.10. The van der Waals surface area contributed by atoms with Crippen LogP contribution < -0.4 is 0 Å². The Hall–Kier alpha value is -8.87. The predicted molar refractivity (Wildman–Crippen MR) is 265 cm³/mol. The molecule has 14 aromatic rings. The fourth-order valence-electron chi connectivity index (χ4n) is 9.97. The molecule has 0 bridgehead atoms. The summed E-state index contributed by atoms with van der Waals surface area (Å²) in [4.78, 5) is 16.3. The Morgan fingerprint density at radius 1 is 0.323 bits per heavy atom. The van der Waals surface area contributed by atoms with Gasteiger partial charge in [-0.15, -0.1) is 0 Å². The summed E-state index contributed by atoms with van der Waals surface area (Å²) in [5.74, 6) is 1.66. The van der Waals surface area contributed by atoms with E-state index in [0.717, 1.165) is 105 Å². The third-order valence-electron chi connectivity index (χ3n) is 13.0. The second-order valence-corrected chi connectivity index (χ2v) is 16.7. The number of nitrogens with zero attached hydrogens (tertiary/aromatic N) is 4. The number of hydrogen-bond acceptors (Lipinski definition) is 5. The van der Waals surface area contributed by atoms with Crippen LogP contribution in [0.3, 0.4) is 0 Å². The van der Waals surface area contributed by atoms with E-state index in [1.54, 1.807) is 0 Å². The van der Waals surface area contributed by atoms with Gasteiger partial charge in [0.05, 0.1) is 22.3 Å². The zero-order valence-electron chi connectivity index (χ0n) is 34.7. The SMILES string of the molecule is c1ccc(-c2ccc(-c3nc(-c4ccc5oc6ccccc6c5c4)nc(-c4c(-n5c6ccccc6c6cc7ccccc7cc65)ccc5oc6c7ccccc7ccc6c45)n3)cc2)cc1. The van der Waals surface area contributed by atoms with Gasteiger partial charge in [-0.3, -0.25) is 0 Å². The molecule has 0 aliphatic carbocycles. The maximum Gasteiger partial charge on any atom is 0.166 e. The normalized spacial score (nSPS) is 12.0. The summed E-state index contributed by atoms with van der Waals surface area (Å²) in [7, 11) is 0. The number of para-hydroxylation sites is 2. The molecule has 0 aliphatic rings. The molecule has 0 N–H and O–H groups in total. The molecule has 0 atom stereocenters. The first-order valence-corrected chi connectivity index (χ1v) is 21.8. The minimum Gasteiger partial charge on any atom is -0.456 e. The number of fused-ring (bicyclic) bond motifs is 12. The van der Waals surface area contributed by atoms with Gasteiger partial charge >= 0.3 is 0 Å². The zero-order chi connectivity index (χ0) is 42.6. The molecule has 4 aromatic heterocycles. The van der Waals surface area contributed by atoms with Crippen LogP contribution in [0.15, 0.2) is 215 Å². The average Bonchev–Trinajstić information content (AvgIpc) is 4.05. The number of hydrogen-bond donors (Lipinski definition) is 0. The van der Waals surface area contributed by atoms with Crippen LogP contribution in [0, 0.1) is 0 Å². The first-order chi connectivity index (χ1) is 32.2. The van der Waals surface area contributed by atoms with Crippen LogP contribution in [-0.4, -0.2) is 19.5 Å². The number of aromatic nitrogens is 4. The maximum atomic E-state index is 6.91. The van der Waals surface area contributed by atoms with E-state index in [9.17, 15) is 0 Å². The molecule has 0 spiro atoms. The Morgan fingerprint density at radius 2 is 0.938 bits per heavy atom.